The number of carbonyl (C=O) groups is 3. The molecule has 46 heavy (non-hydrogen) atoms. The van der Waals surface area contributed by atoms with Gasteiger partial charge >= 0.3 is 5.97 Å². The second-order valence-corrected chi connectivity index (χ2v) is 12.8. The molecule has 2 aromatic rings. The van der Waals surface area contributed by atoms with Crippen LogP contribution in [0.4, 0.5) is 11.4 Å². The Hall–Kier alpha value is -3.01. The normalized spacial score (nSPS) is 15.1. The summed E-state index contributed by atoms with van der Waals surface area (Å²) in [6, 6.07) is 11.6. The van der Waals surface area contributed by atoms with E-state index >= 15 is 0 Å². The van der Waals surface area contributed by atoms with Gasteiger partial charge in [-0.15, -0.1) is 0 Å². The zero-order valence-electron chi connectivity index (χ0n) is 27.0. The molecule has 1 N–H and O–H groups in total. The van der Waals surface area contributed by atoms with Gasteiger partial charge in [-0.05, 0) is 62.4 Å². The molecule has 9 nitrogen and oxygen atoms in total. The Morgan fingerprint density at radius 2 is 1.72 bits per heavy atom. The number of hydrogen-bond acceptors (Lipinski definition) is 7. The SMILES string of the molecule is CCCCCCC(=O)NCCCC(=O)OCN1C(=O)CCc2ccc(OCCCCN3CCN(c4cccc(Cl)c4Cl)CC3)cc21. The third kappa shape index (κ3) is 11.1. The van der Waals surface area contributed by atoms with Crippen molar-refractivity contribution >= 4 is 52.4 Å². The predicted octanol–water partition coefficient (Wildman–Crippen LogP) is 6.62. The minimum atomic E-state index is -0.390. The number of halogens is 2. The van der Waals surface area contributed by atoms with Crippen molar-refractivity contribution < 1.29 is 23.9 Å². The van der Waals surface area contributed by atoms with E-state index in [2.05, 4.69) is 22.0 Å². The van der Waals surface area contributed by atoms with Crippen molar-refractivity contribution in [2.75, 3.05) is 62.4 Å². The third-order valence-electron chi connectivity index (χ3n) is 8.53. The summed E-state index contributed by atoms with van der Waals surface area (Å²) >= 11 is 12.6. The summed E-state index contributed by atoms with van der Waals surface area (Å²) in [5, 5.41) is 4.06. The van der Waals surface area contributed by atoms with Gasteiger partial charge < -0.3 is 19.7 Å². The Balaban J connectivity index is 1.13. The molecule has 0 saturated carbocycles. The van der Waals surface area contributed by atoms with Gasteiger partial charge in [-0.2, -0.15) is 0 Å². The maximum Gasteiger partial charge on any atom is 0.307 e. The second-order valence-electron chi connectivity index (χ2n) is 12.0. The first kappa shape index (κ1) is 35.8. The summed E-state index contributed by atoms with van der Waals surface area (Å²) in [6.45, 7) is 7.79. The minimum Gasteiger partial charge on any atom is -0.494 e. The van der Waals surface area contributed by atoms with E-state index in [1.165, 1.54) is 4.90 Å². The zero-order valence-corrected chi connectivity index (χ0v) is 28.5. The van der Waals surface area contributed by atoms with Crippen molar-refractivity contribution in [2.45, 2.75) is 77.6 Å². The summed E-state index contributed by atoms with van der Waals surface area (Å²) in [4.78, 5) is 43.3. The molecule has 2 amide bonds. The van der Waals surface area contributed by atoms with Crippen molar-refractivity contribution in [1.82, 2.24) is 10.2 Å². The average Bonchev–Trinajstić information content (AvgIpc) is 3.06. The molecule has 11 heteroatoms. The number of amides is 2. The number of nitrogens with zero attached hydrogens (tertiary/aromatic N) is 3. The van der Waals surface area contributed by atoms with Crippen LogP contribution < -0.4 is 19.9 Å². The second kappa shape index (κ2) is 19.0. The van der Waals surface area contributed by atoms with Gasteiger partial charge in [-0.1, -0.05) is 61.5 Å². The van der Waals surface area contributed by atoms with Gasteiger partial charge in [0.15, 0.2) is 6.73 Å². The zero-order chi connectivity index (χ0) is 32.7. The molecule has 2 aliphatic heterocycles. The van der Waals surface area contributed by atoms with Gasteiger partial charge in [0.05, 0.1) is 28.0 Å². The molecule has 2 aliphatic rings. The van der Waals surface area contributed by atoms with Crippen LogP contribution in [0.5, 0.6) is 5.75 Å². The lowest BCUT2D eigenvalue weighted by Gasteiger charge is -2.36. The number of fused-ring (bicyclic) bond motifs is 1. The Morgan fingerprint density at radius 3 is 2.52 bits per heavy atom. The van der Waals surface area contributed by atoms with Crippen molar-refractivity contribution in [3.63, 3.8) is 0 Å². The standard InChI is InChI=1S/C35H48Cl2N4O5/c1-2-3-4-5-12-32(42)38-18-9-13-34(44)46-26-41-31-25-28(16-14-27(31)15-17-33(41)43)45-24-7-6-19-39-20-22-40(23-21-39)30-11-8-10-29(36)35(30)37/h8,10-11,14,16,25H,2-7,9,12-13,15,17-24,26H2,1H3,(H,38,42). The van der Waals surface area contributed by atoms with Crippen LogP contribution in [0.25, 0.3) is 0 Å². The summed E-state index contributed by atoms with van der Waals surface area (Å²) in [6.07, 6.45) is 8.37. The van der Waals surface area contributed by atoms with E-state index in [9.17, 15) is 14.4 Å². The molecule has 0 radical (unpaired) electrons. The summed E-state index contributed by atoms with van der Waals surface area (Å²) in [5.74, 6) is 0.250. The van der Waals surface area contributed by atoms with Gasteiger partial charge in [0, 0.05) is 58.1 Å². The number of esters is 1. The van der Waals surface area contributed by atoms with E-state index in [0.29, 0.717) is 54.6 Å². The molecule has 0 atom stereocenters. The number of anilines is 2. The van der Waals surface area contributed by atoms with E-state index in [0.717, 1.165) is 88.2 Å². The lowest BCUT2D eigenvalue weighted by Crippen LogP contribution is -2.46. The van der Waals surface area contributed by atoms with Crippen LogP contribution in [0.15, 0.2) is 36.4 Å². The van der Waals surface area contributed by atoms with E-state index in [-0.39, 0.29) is 30.9 Å². The van der Waals surface area contributed by atoms with Gasteiger partial charge in [0.25, 0.3) is 0 Å². The predicted molar refractivity (Wildman–Crippen MR) is 184 cm³/mol. The first-order chi connectivity index (χ1) is 22.4. The molecule has 0 aromatic heterocycles. The molecule has 1 saturated heterocycles. The van der Waals surface area contributed by atoms with Crippen LogP contribution in [0.3, 0.4) is 0 Å². The molecule has 0 bridgehead atoms. The van der Waals surface area contributed by atoms with Gasteiger partial charge in [-0.3, -0.25) is 24.2 Å². The number of ether oxygens (including phenoxy) is 2. The molecule has 0 aliphatic carbocycles. The first-order valence-electron chi connectivity index (χ1n) is 16.8. The quantitative estimate of drug-likeness (QED) is 0.140. The van der Waals surface area contributed by atoms with Crippen molar-refractivity contribution in [1.29, 1.82) is 0 Å². The monoisotopic (exact) mass is 674 g/mol. The molecular weight excluding hydrogens is 627 g/mol. The molecule has 1 fully saturated rings. The minimum absolute atomic E-state index is 0.0214. The van der Waals surface area contributed by atoms with E-state index in [1.807, 2.05) is 36.4 Å². The highest BCUT2D eigenvalue weighted by atomic mass is 35.5. The third-order valence-corrected chi connectivity index (χ3v) is 9.34. The first-order valence-corrected chi connectivity index (χ1v) is 17.5. The largest absolute Gasteiger partial charge is 0.494 e. The maximum atomic E-state index is 12.8. The van der Waals surface area contributed by atoms with E-state index < -0.39 is 0 Å². The fourth-order valence-electron chi connectivity index (χ4n) is 5.80. The highest BCUT2D eigenvalue weighted by Gasteiger charge is 2.26. The molecule has 4 rings (SSSR count). The Bertz CT molecular complexity index is 1300. The van der Waals surface area contributed by atoms with Crippen LogP contribution in [-0.2, 0) is 25.5 Å². The number of carbonyl (C=O) groups excluding carboxylic acids is 3. The van der Waals surface area contributed by atoms with Crippen LogP contribution in [0.2, 0.25) is 10.0 Å². The number of piperazine rings is 1. The number of hydrogen-bond donors (Lipinski definition) is 1. The van der Waals surface area contributed by atoms with Crippen LogP contribution in [0, 0.1) is 0 Å². The van der Waals surface area contributed by atoms with E-state index in [1.54, 1.807) is 0 Å². The highest BCUT2D eigenvalue weighted by Crippen LogP contribution is 2.33. The van der Waals surface area contributed by atoms with Crippen LogP contribution in [0.1, 0.15) is 76.7 Å². The smallest absolute Gasteiger partial charge is 0.307 e. The molecular formula is C35H48Cl2N4O5. The summed E-state index contributed by atoms with van der Waals surface area (Å²) in [5.41, 5.74) is 2.76. The van der Waals surface area contributed by atoms with Crippen LogP contribution in [-0.4, -0.2) is 75.3 Å². The summed E-state index contributed by atoms with van der Waals surface area (Å²) < 4.78 is 11.5. The number of unbranched alkanes of at least 4 members (excludes halogenated alkanes) is 4. The Kier molecular flexibility index (Phi) is 14.8. The lowest BCUT2D eigenvalue weighted by atomic mass is 10.0. The van der Waals surface area contributed by atoms with Crippen molar-refractivity contribution in [3.8, 4) is 5.75 Å². The lowest BCUT2D eigenvalue weighted by molar-refractivity contribution is -0.144. The Morgan fingerprint density at radius 1 is 0.891 bits per heavy atom. The Labute approximate surface area is 283 Å². The number of aryl methyl sites for hydroxylation is 1. The molecule has 0 unspecified atom stereocenters. The molecule has 2 aromatic carbocycles. The number of nitrogens with one attached hydrogen (secondary N) is 1. The average molecular weight is 676 g/mol. The fourth-order valence-corrected chi connectivity index (χ4v) is 6.21. The fraction of sp³-hybridized carbons (Fsp3) is 0.571. The van der Waals surface area contributed by atoms with E-state index in [4.69, 9.17) is 32.7 Å². The highest BCUT2D eigenvalue weighted by molar-refractivity contribution is 6.43. The van der Waals surface area contributed by atoms with Gasteiger partial charge in [0.1, 0.15) is 5.75 Å². The number of benzene rings is 2. The number of rotatable bonds is 18. The molecule has 252 valence electrons. The van der Waals surface area contributed by atoms with Crippen LogP contribution >= 0.6 is 23.2 Å². The maximum absolute atomic E-state index is 12.8. The topological polar surface area (TPSA) is 91.4 Å². The van der Waals surface area contributed by atoms with Crippen molar-refractivity contribution in [2.24, 2.45) is 0 Å². The van der Waals surface area contributed by atoms with Gasteiger partial charge in [0.2, 0.25) is 11.8 Å². The molecule has 0 spiro atoms. The molecule has 2 heterocycles. The van der Waals surface area contributed by atoms with Gasteiger partial charge in [-0.25, -0.2) is 0 Å². The van der Waals surface area contributed by atoms with Crippen molar-refractivity contribution in [3.05, 3.63) is 52.0 Å². The summed E-state index contributed by atoms with van der Waals surface area (Å²) in [7, 11) is 0.